The van der Waals surface area contributed by atoms with Crippen LogP contribution in [-0.2, 0) is 10.2 Å². The Labute approximate surface area is 193 Å². The SMILES string of the molecule is CCOC(=O)c1csc(-c2ccc3cc(OC)c(C45CC6CC(CC(C6)C4)C5)cc3c2)c1. The maximum atomic E-state index is 12.1. The van der Waals surface area contributed by atoms with Crippen LogP contribution < -0.4 is 4.74 Å². The molecular formula is C28H30O3S. The van der Waals surface area contributed by atoms with E-state index in [-0.39, 0.29) is 5.97 Å². The zero-order valence-electron chi connectivity index (χ0n) is 18.9. The molecule has 4 bridgehead atoms. The molecule has 4 aliphatic rings. The molecule has 1 heterocycles. The van der Waals surface area contributed by atoms with E-state index in [0.29, 0.717) is 17.6 Å². The van der Waals surface area contributed by atoms with Gasteiger partial charge >= 0.3 is 5.97 Å². The van der Waals surface area contributed by atoms with Crippen molar-refractivity contribution < 1.29 is 14.3 Å². The predicted octanol–water partition coefficient (Wildman–Crippen LogP) is 7.22. The molecule has 0 N–H and O–H groups in total. The molecule has 166 valence electrons. The number of carbonyl (C=O) groups excluding carboxylic acids is 1. The molecule has 0 spiro atoms. The standard InChI is InChI=1S/C28H30O3S/c1-3-31-27(29)23-12-26(32-16-23)21-5-4-20-11-25(30-2)24(10-22(20)9-21)28-13-17-6-18(14-28)8-19(7-17)15-28/h4-5,9-12,16-19H,3,6-8,13-15H2,1-2H3. The number of rotatable bonds is 5. The Balaban J connectivity index is 1.41. The summed E-state index contributed by atoms with van der Waals surface area (Å²) in [5.74, 6) is 3.53. The Morgan fingerprint density at radius 3 is 2.38 bits per heavy atom. The molecule has 0 amide bonds. The minimum atomic E-state index is -0.246. The van der Waals surface area contributed by atoms with Crippen LogP contribution in [0.4, 0.5) is 0 Å². The molecule has 3 aromatic rings. The molecule has 7 rings (SSSR count). The normalized spacial score (nSPS) is 28.2. The van der Waals surface area contributed by atoms with Crippen molar-refractivity contribution in [3.8, 4) is 16.2 Å². The molecule has 4 aliphatic carbocycles. The van der Waals surface area contributed by atoms with Crippen LogP contribution in [0.1, 0.15) is 61.4 Å². The predicted molar refractivity (Wildman–Crippen MR) is 130 cm³/mol. The molecule has 2 aromatic carbocycles. The van der Waals surface area contributed by atoms with Gasteiger partial charge in [-0.3, -0.25) is 0 Å². The van der Waals surface area contributed by atoms with Crippen molar-refractivity contribution in [3.63, 3.8) is 0 Å². The zero-order chi connectivity index (χ0) is 21.9. The highest BCUT2D eigenvalue weighted by Crippen LogP contribution is 2.62. The molecule has 0 saturated heterocycles. The minimum Gasteiger partial charge on any atom is -0.496 e. The third-order valence-electron chi connectivity index (χ3n) is 8.16. The lowest BCUT2D eigenvalue weighted by molar-refractivity contribution is -0.00609. The van der Waals surface area contributed by atoms with E-state index < -0.39 is 0 Å². The van der Waals surface area contributed by atoms with Gasteiger partial charge in [-0.25, -0.2) is 4.79 Å². The minimum absolute atomic E-state index is 0.246. The summed E-state index contributed by atoms with van der Waals surface area (Å²) in [6, 6.07) is 13.2. The molecule has 1 aromatic heterocycles. The summed E-state index contributed by atoms with van der Waals surface area (Å²) in [4.78, 5) is 13.2. The van der Waals surface area contributed by atoms with Crippen molar-refractivity contribution in [2.45, 2.75) is 50.9 Å². The van der Waals surface area contributed by atoms with Gasteiger partial charge in [-0.05, 0) is 109 Å². The van der Waals surface area contributed by atoms with Gasteiger partial charge in [0, 0.05) is 15.8 Å². The lowest BCUT2D eigenvalue weighted by Gasteiger charge is -2.57. The van der Waals surface area contributed by atoms with Gasteiger partial charge in [-0.2, -0.15) is 0 Å². The highest BCUT2D eigenvalue weighted by atomic mass is 32.1. The molecule has 0 aliphatic heterocycles. The summed E-state index contributed by atoms with van der Waals surface area (Å²) in [6.45, 7) is 2.24. The van der Waals surface area contributed by atoms with Crippen LogP contribution in [0.2, 0.25) is 0 Å². The number of fused-ring (bicyclic) bond motifs is 1. The summed E-state index contributed by atoms with van der Waals surface area (Å²) >= 11 is 1.60. The molecule has 4 fully saturated rings. The van der Waals surface area contributed by atoms with E-state index >= 15 is 0 Å². The molecular weight excluding hydrogens is 416 g/mol. The van der Waals surface area contributed by atoms with E-state index in [9.17, 15) is 4.79 Å². The van der Waals surface area contributed by atoms with Crippen molar-refractivity contribution in [1.82, 2.24) is 0 Å². The van der Waals surface area contributed by atoms with Crippen LogP contribution in [0.25, 0.3) is 21.2 Å². The molecule has 0 unspecified atom stereocenters. The van der Waals surface area contributed by atoms with Crippen LogP contribution in [0.5, 0.6) is 5.75 Å². The van der Waals surface area contributed by atoms with Crippen molar-refractivity contribution in [1.29, 1.82) is 0 Å². The fourth-order valence-electron chi connectivity index (χ4n) is 7.26. The van der Waals surface area contributed by atoms with Gasteiger partial charge in [0.25, 0.3) is 0 Å². The van der Waals surface area contributed by atoms with Crippen molar-refractivity contribution >= 4 is 28.1 Å². The molecule has 4 saturated carbocycles. The Morgan fingerprint density at radius 2 is 1.72 bits per heavy atom. The molecule has 0 atom stereocenters. The van der Waals surface area contributed by atoms with Crippen molar-refractivity contribution in [2.24, 2.45) is 17.8 Å². The van der Waals surface area contributed by atoms with Gasteiger partial charge in [0.05, 0.1) is 19.3 Å². The Morgan fingerprint density at radius 1 is 1.00 bits per heavy atom. The lowest BCUT2D eigenvalue weighted by atomic mass is 9.48. The Hall–Kier alpha value is -2.33. The first-order chi connectivity index (χ1) is 15.6. The number of hydrogen-bond acceptors (Lipinski definition) is 4. The summed E-state index contributed by atoms with van der Waals surface area (Å²) < 4.78 is 11.1. The number of esters is 1. The number of methoxy groups -OCH3 is 1. The lowest BCUT2D eigenvalue weighted by Crippen LogP contribution is -2.48. The topological polar surface area (TPSA) is 35.5 Å². The second-order valence-corrected chi connectivity index (χ2v) is 11.1. The van der Waals surface area contributed by atoms with Gasteiger partial charge in [-0.1, -0.05) is 12.1 Å². The monoisotopic (exact) mass is 446 g/mol. The van der Waals surface area contributed by atoms with Crippen LogP contribution >= 0.6 is 11.3 Å². The van der Waals surface area contributed by atoms with Crippen LogP contribution in [-0.4, -0.2) is 19.7 Å². The van der Waals surface area contributed by atoms with E-state index in [4.69, 9.17) is 9.47 Å². The largest absolute Gasteiger partial charge is 0.496 e. The van der Waals surface area contributed by atoms with Gasteiger partial charge < -0.3 is 9.47 Å². The van der Waals surface area contributed by atoms with Crippen LogP contribution in [0.3, 0.4) is 0 Å². The molecule has 0 radical (unpaired) electrons. The maximum Gasteiger partial charge on any atom is 0.338 e. The third-order valence-corrected chi connectivity index (χ3v) is 9.14. The second-order valence-electron chi connectivity index (χ2n) is 10.2. The van der Waals surface area contributed by atoms with E-state index in [1.54, 1.807) is 11.3 Å². The van der Waals surface area contributed by atoms with Crippen molar-refractivity contribution in [2.75, 3.05) is 13.7 Å². The second kappa shape index (κ2) is 7.62. The average molecular weight is 447 g/mol. The smallest absolute Gasteiger partial charge is 0.338 e. The molecule has 4 heteroatoms. The summed E-state index contributed by atoms with van der Waals surface area (Å²) in [7, 11) is 1.82. The van der Waals surface area contributed by atoms with Crippen LogP contribution in [0.15, 0.2) is 41.8 Å². The number of ether oxygens (including phenoxy) is 2. The van der Waals surface area contributed by atoms with Crippen LogP contribution in [0, 0.1) is 17.8 Å². The highest BCUT2D eigenvalue weighted by Gasteiger charge is 2.52. The first-order valence-corrected chi connectivity index (χ1v) is 12.8. The number of hydrogen-bond donors (Lipinski definition) is 0. The number of thiophene rings is 1. The van der Waals surface area contributed by atoms with Crippen molar-refractivity contribution in [3.05, 3.63) is 52.9 Å². The van der Waals surface area contributed by atoms with E-state index in [1.807, 2.05) is 25.5 Å². The highest BCUT2D eigenvalue weighted by molar-refractivity contribution is 7.13. The summed E-state index contributed by atoms with van der Waals surface area (Å²) in [5.41, 5.74) is 3.52. The summed E-state index contributed by atoms with van der Waals surface area (Å²) in [6.07, 6.45) is 8.32. The molecule has 32 heavy (non-hydrogen) atoms. The van der Waals surface area contributed by atoms with E-state index in [0.717, 1.165) is 33.9 Å². The Bertz CT molecular complexity index is 1160. The molecule has 3 nitrogen and oxygen atoms in total. The van der Waals surface area contributed by atoms with Gasteiger partial charge in [0.1, 0.15) is 5.75 Å². The van der Waals surface area contributed by atoms with E-state index in [2.05, 4.69) is 30.3 Å². The first kappa shape index (κ1) is 20.3. The van der Waals surface area contributed by atoms with Gasteiger partial charge in [0.15, 0.2) is 0 Å². The maximum absolute atomic E-state index is 12.1. The van der Waals surface area contributed by atoms with Gasteiger partial charge in [-0.15, -0.1) is 11.3 Å². The first-order valence-electron chi connectivity index (χ1n) is 11.9. The Kier molecular flexibility index (Phi) is 4.83. The number of carbonyl (C=O) groups is 1. The average Bonchev–Trinajstić information content (AvgIpc) is 3.27. The third kappa shape index (κ3) is 3.26. The number of benzene rings is 2. The fraction of sp³-hybridized carbons (Fsp3) is 0.464. The van der Waals surface area contributed by atoms with E-state index in [1.165, 1.54) is 54.9 Å². The zero-order valence-corrected chi connectivity index (χ0v) is 19.7. The summed E-state index contributed by atoms with van der Waals surface area (Å²) in [5, 5.41) is 4.37. The fourth-order valence-corrected chi connectivity index (χ4v) is 8.14. The van der Waals surface area contributed by atoms with Gasteiger partial charge in [0.2, 0.25) is 0 Å². The quantitative estimate of drug-likeness (QED) is 0.388.